The first-order valence-corrected chi connectivity index (χ1v) is 13.3. The van der Waals surface area contributed by atoms with Crippen LogP contribution in [0.2, 0.25) is 0 Å². The van der Waals surface area contributed by atoms with E-state index in [1.165, 1.54) is 6.07 Å². The number of piperidine rings is 1. The van der Waals surface area contributed by atoms with Gasteiger partial charge in [0.1, 0.15) is 11.6 Å². The number of rotatable bonds is 7. The molecule has 6 rings (SSSR count). The zero-order valence-corrected chi connectivity index (χ0v) is 21.8. The van der Waals surface area contributed by atoms with Gasteiger partial charge in [-0.25, -0.2) is 4.39 Å². The van der Waals surface area contributed by atoms with Gasteiger partial charge in [-0.15, -0.1) is 0 Å². The summed E-state index contributed by atoms with van der Waals surface area (Å²) in [7, 11) is 2.15. The third-order valence-electron chi connectivity index (χ3n) is 7.43. The van der Waals surface area contributed by atoms with E-state index < -0.39 is 0 Å². The first-order chi connectivity index (χ1) is 19.0. The maximum absolute atomic E-state index is 14.3. The number of halogens is 1. The summed E-state index contributed by atoms with van der Waals surface area (Å²) in [5, 5.41) is 14.9. The molecule has 3 heterocycles. The van der Waals surface area contributed by atoms with Crippen molar-refractivity contribution in [3.8, 4) is 11.3 Å². The standard InChI is InChI=1S/C31H31FN6O/c1-37-16-14-25(15-17-37)33-24-11-9-22(10-12-24)31(39)34-29-19-28(35-36-29)26-7-4-6-21-13-18-38(30(21)26)20-23-5-2-3-8-27(23)32/h2-13,18-19,25,33H,14-17,20H2,1H3,(H2,34,35,36,39). The summed E-state index contributed by atoms with van der Waals surface area (Å²) in [5.74, 6) is 0.0668. The highest BCUT2D eigenvalue weighted by molar-refractivity contribution is 6.04. The van der Waals surface area contributed by atoms with E-state index in [4.69, 9.17) is 0 Å². The third-order valence-corrected chi connectivity index (χ3v) is 7.43. The van der Waals surface area contributed by atoms with Crippen molar-refractivity contribution < 1.29 is 9.18 Å². The van der Waals surface area contributed by atoms with Crippen molar-refractivity contribution in [2.45, 2.75) is 25.4 Å². The van der Waals surface area contributed by atoms with E-state index >= 15 is 0 Å². The molecule has 1 saturated heterocycles. The number of hydrogen-bond donors (Lipinski definition) is 3. The van der Waals surface area contributed by atoms with E-state index in [0.717, 1.165) is 48.1 Å². The minimum absolute atomic E-state index is 0.211. The second kappa shape index (κ2) is 10.7. The number of carbonyl (C=O) groups is 1. The number of hydrogen-bond acceptors (Lipinski definition) is 4. The Bertz CT molecular complexity index is 1600. The minimum atomic E-state index is -0.229. The molecule has 5 aromatic rings. The number of likely N-dealkylation sites (tertiary alicyclic amines) is 1. The number of H-pyrrole nitrogens is 1. The van der Waals surface area contributed by atoms with Gasteiger partial charge in [0.15, 0.2) is 0 Å². The molecular formula is C31H31FN6O. The Morgan fingerprint density at radius 1 is 1.03 bits per heavy atom. The van der Waals surface area contributed by atoms with Crippen molar-refractivity contribution in [3.05, 3.63) is 102 Å². The molecule has 1 amide bonds. The largest absolute Gasteiger partial charge is 0.382 e. The van der Waals surface area contributed by atoms with Crippen molar-refractivity contribution >= 4 is 28.3 Å². The van der Waals surface area contributed by atoms with Crippen LogP contribution in [0.4, 0.5) is 15.9 Å². The highest BCUT2D eigenvalue weighted by Gasteiger charge is 2.17. The van der Waals surface area contributed by atoms with Crippen LogP contribution in [0.5, 0.6) is 0 Å². The van der Waals surface area contributed by atoms with Gasteiger partial charge in [-0.05, 0) is 69.4 Å². The van der Waals surface area contributed by atoms with Crippen LogP contribution in [0.15, 0.2) is 85.1 Å². The predicted molar refractivity (Wildman–Crippen MR) is 154 cm³/mol. The van der Waals surface area contributed by atoms with Gasteiger partial charge < -0.3 is 20.1 Å². The zero-order chi connectivity index (χ0) is 26.8. The smallest absolute Gasteiger partial charge is 0.256 e. The second-order valence-electron chi connectivity index (χ2n) is 10.2. The normalized spacial score (nSPS) is 14.5. The van der Waals surface area contributed by atoms with Crippen LogP contribution >= 0.6 is 0 Å². The Balaban J connectivity index is 1.16. The molecule has 0 radical (unpaired) electrons. The average molecular weight is 523 g/mol. The van der Waals surface area contributed by atoms with Crippen LogP contribution in [-0.4, -0.2) is 51.8 Å². The molecule has 39 heavy (non-hydrogen) atoms. The van der Waals surface area contributed by atoms with Crippen LogP contribution in [0.3, 0.4) is 0 Å². The van der Waals surface area contributed by atoms with Crippen molar-refractivity contribution in [3.63, 3.8) is 0 Å². The molecule has 2 aromatic heterocycles. The number of nitrogens with one attached hydrogen (secondary N) is 3. The average Bonchev–Trinajstić information content (AvgIpc) is 3.59. The lowest BCUT2D eigenvalue weighted by Gasteiger charge is -2.30. The Labute approximate surface area is 226 Å². The molecule has 8 heteroatoms. The molecule has 0 unspecified atom stereocenters. The van der Waals surface area contributed by atoms with Crippen molar-refractivity contribution in [1.29, 1.82) is 0 Å². The Kier molecular flexibility index (Phi) is 6.85. The van der Waals surface area contributed by atoms with Crippen molar-refractivity contribution in [1.82, 2.24) is 19.7 Å². The lowest BCUT2D eigenvalue weighted by molar-refractivity contribution is 0.102. The number of anilines is 2. The van der Waals surface area contributed by atoms with Crippen molar-refractivity contribution in [2.75, 3.05) is 30.8 Å². The molecule has 1 aliphatic heterocycles. The molecule has 3 aromatic carbocycles. The number of benzene rings is 3. The molecule has 0 spiro atoms. The lowest BCUT2D eigenvalue weighted by Crippen LogP contribution is -2.36. The summed E-state index contributed by atoms with van der Waals surface area (Å²) in [5.41, 5.74) is 4.76. The molecule has 0 aliphatic carbocycles. The summed E-state index contributed by atoms with van der Waals surface area (Å²) in [4.78, 5) is 15.3. The molecule has 1 aliphatic rings. The van der Waals surface area contributed by atoms with Crippen LogP contribution in [0.25, 0.3) is 22.2 Å². The van der Waals surface area contributed by atoms with Crippen molar-refractivity contribution in [2.24, 2.45) is 0 Å². The van der Waals surface area contributed by atoms with E-state index in [-0.39, 0.29) is 11.7 Å². The maximum atomic E-state index is 14.3. The van der Waals surface area contributed by atoms with E-state index in [9.17, 15) is 9.18 Å². The summed E-state index contributed by atoms with van der Waals surface area (Å²) in [6, 6.07) is 24.7. The SMILES string of the molecule is CN1CCC(Nc2ccc(C(=O)Nc3cc(-c4cccc5ccn(Cc6ccccc6F)c45)n[nH]3)cc2)CC1. The number of para-hydroxylation sites is 1. The van der Waals surface area contributed by atoms with Gasteiger partial charge >= 0.3 is 0 Å². The van der Waals surface area contributed by atoms with Gasteiger partial charge in [-0.2, -0.15) is 5.10 Å². The summed E-state index contributed by atoms with van der Waals surface area (Å²) in [6.07, 6.45) is 4.19. The minimum Gasteiger partial charge on any atom is -0.382 e. The predicted octanol–water partition coefficient (Wildman–Crippen LogP) is 5.98. The number of fused-ring (bicyclic) bond motifs is 1. The number of aromatic amines is 1. The number of nitrogens with zero attached hydrogens (tertiary/aromatic N) is 3. The fraction of sp³-hybridized carbons (Fsp3) is 0.226. The Morgan fingerprint density at radius 2 is 1.82 bits per heavy atom. The molecule has 1 fully saturated rings. The zero-order valence-electron chi connectivity index (χ0n) is 21.8. The molecule has 0 atom stereocenters. The van der Waals surface area contributed by atoms with E-state index in [1.54, 1.807) is 12.1 Å². The highest BCUT2D eigenvalue weighted by atomic mass is 19.1. The first kappa shape index (κ1) is 24.9. The molecular weight excluding hydrogens is 491 g/mol. The summed E-state index contributed by atoms with van der Waals surface area (Å²) >= 11 is 0. The molecule has 198 valence electrons. The van der Waals surface area contributed by atoms with Gasteiger partial charge in [0.25, 0.3) is 5.91 Å². The summed E-state index contributed by atoms with van der Waals surface area (Å²) < 4.78 is 16.4. The summed E-state index contributed by atoms with van der Waals surface area (Å²) in [6.45, 7) is 2.59. The monoisotopic (exact) mass is 522 g/mol. The van der Waals surface area contributed by atoms with Gasteiger partial charge in [-0.3, -0.25) is 9.89 Å². The van der Waals surface area contributed by atoms with Gasteiger partial charge in [0, 0.05) is 46.1 Å². The van der Waals surface area contributed by atoms with E-state index in [0.29, 0.717) is 35.2 Å². The molecule has 7 nitrogen and oxygen atoms in total. The molecule has 0 saturated carbocycles. The van der Waals surface area contributed by atoms with Crippen LogP contribution < -0.4 is 10.6 Å². The van der Waals surface area contributed by atoms with Gasteiger partial charge in [-0.1, -0.05) is 36.4 Å². The van der Waals surface area contributed by atoms with Crippen LogP contribution in [-0.2, 0) is 6.54 Å². The van der Waals surface area contributed by atoms with Gasteiger partial charge in [0.05, 0.1) is 17.8 Å². The van der Waals surface area contributed by atoms with Gasteiger partial charge in [0.2, 0.25) is 0 Å². The molecule has 3 N–H and O–H groups in total. The fourth-order valence-corrected chi connectivity index (χ4v) is 5.23. The van der Waals surface area contributed by atoms with E-state index in [1.807, 2.05) is 71.4 Å². The Hall–Kier alpha value is -4.43. The number of aromatic nitrogens is 3. The molecule has 0 bridgehead atoms. The van der Waals surface area contributed by atoms with Crippen LogP contribution in [0, 0.1) is 5.82 Å². The fourth-order valence-electron chi connectivity index (χ4n) is 5.23. The second-order valence-corrected chi connectivity index (χ2v) is 10.2. The maximum Gasteiger partial charge on any atom is 0.256 e. The Morgan fingerprint density at radius 3 is 2.62 bits per heavy atom. The quantitative estimate of drug-likeness (QED) is 0.246. The lowest BCUT2D eigenvalue weighted by atomic mass is 10.0. The highest BCUT2D eigenvalue weighted by Crippen LogP contribution is 2.30. The topological polar surface area (TPSA) is 78.0 Å². The number of carbonyl (C=O) groups excluding carboxylic acids is 1. The van der Waals surface area contributed by atoms with E-state index in [2.05, 4.69) is 32.8 Å². The number of amides is 1. The third kappa shape index (κ3) is 5.42. The first-order valence-electron chi connectivity index (χ1n) is 13.3. The van der Waals surface area contributed by atoms with Crippen LogP contribution in [0.1, 0.15) is 28.8 Å².